The predicted octanol–water partition coefficient (Wildman–Crippen LogP) is 1.09. The quantitative estimate of drug-likeness (QED) is 0.0485. The van der Waals surface area contributed by atoms with Crippen LogP contribution in [0.15, 0.2) is 53.8 Å². The number of nitrogens with two attached hydrogens (primary N) is 1. The van der Waals surface area contributed by atoms with Crippen LogP contribution in [0.25, 0.3) is 5.69 Å². The Morgan fingerprint density at radius 2 is 1.83 bits per heavy atom. The number of Topliss-reactive ketones (excluding diaryl/α,β-unsaturated/α-hetero) is 1. The third-order valence-corrected chi connectivity index (χ3v) is 5.51. The first-order valence-corrected chi connectivity index (χ1v) is 11.7. The Kier molecular flexibility index (Phi) is 11.1. The number of aliphatic imine (C=N–C) groups is 1. The number of hydrazine groups is 1. The van der Waals surface area contributed by atoms with Gasteiger partial charge in [-0.3, -0.25) is 9.59 Å². The molecule has 0 unspecified atom stereocenters. The van der Waals surface area contributed by atoms with E-state index >= 15 is 0 Å². The summed E-state index contributed by atoms with van der Waals surface area (Å²) in [6, 6.07) is 10.8. The van der Waals surface area contributed by atoms with Crippen LogP contribution in [-0.4, -0.2) is 56.9 Å². The number of carbonyl (C=O) groups excluding carboxylic acids is 2. The summed E-state index contributed by atoms with van der Waals surface area (Å²) in [4.78, 5) is 40.3. The fourth-order valence-electron chi connectivity index (χ4n) is 3.72. The Balaban J connectivity index is 2.10. The summed E-state index contributed by atoms with van der Waals surface area (Å²) in [7, 11) is -1.74. The van der Waals surface area contributed by atoms with Gasteiger partial charge in [-0.2, -0.15) is 0 Å². The summed E-state index contributed by atoms with van der Waals surface area (Å²) in [5.41, 5.74) is 8.48. The summed E-state index contributed by atoms with van der Waals surface area (Å²) < 4.78 is 1.90. The van der Waals surface area contributed by atoms with Crippen molar-refractivity contribution >= 4 is 24.8 Å². The van der Waals surface area contributed by atoms with E-state index in [0.717, 1.165) is 5.69 Å². The molecular weight excluding hydrogens is 467 g/mol. The van der Waals surface area contributed by atoms with E-state index in [0.29, 0.717) is 18.4 Å². The van der Waals surface area contributed by atoms with Crippen LogP contribution in [0.2, 0.25) is 0 Å². The van der Waals surface area contributed by atoms with Gasteiger partial charge in [0.25, 0.3) is 5.96 Å². The average Bonchev–Trinajstić information content (AvgIpc) is 3.34. The number of hydrogen-bond donors (Lipinski definition) is 5. The van der Waals surface area contributed by atoms with Crippen molar-refractivity contribution in [2.24, 2.45) is 22.6 Å². The zero-order chi connectivity index (χ0) is 26.7. The molecule has 1 amide bonds. The molecule has 1 aromatic heterocycles. The molecule has 0 aliphatic carbocycles. The highest BCUT2D eigenvalue weighted by molar-refractivity contribution is 6.43. The van der Waals surface area contributed by atoms with E-state index in [9.17, 15) is 29.8 Å². The van der Waals surface area contributed by atoms with Crippen LogP contribution in [0, 0.1) is 22.0 Å². The average molecular weight is 500 g/mol. The van der Waals surface area contributed by atoms with E-state index in [4.69, 9.17) is 5.73 Å². The summed E-state index contributed by atoms with van der Waals surface area (Å²) in [5.74, 6) is -2.63. The fourth-order valence-corrected chi connectivity index (χ4v) is 3.72. The Morgan fingerprint density at radius 1 is 1.19 bits per heavy atom. The summed E-state index contributed by atoms with van der Waals surface area (Å²) >= 11 is 0. The number of amides is 1. The van der Waals surface area contributed by atoms with Crippen molar-refractivity contribution < 1.29 is 24.7 Å². The molecule has 194 valence electrons. The van der Waals surface area contributed by atoms with Crippen LogP contribution < -0.4 is 16.5 Å². The molecule has 2 aromatic rings. The Labute approximate surface area is 209 Å². The van der Waals surface area contributed by atoms with E-state index in [-0.39, 0.29) is 37.0 Å². The zero-order valence-corrected chi connectivity index (χ0v) is 20.4. The van der Waals surface area contributed by atoms with Crippen LogP contribution in [-0.2, 0) is 4.79 Å². The molecule has 6 N–H and O–H groups in total. The van der Waals surface area contributed by atoms with Crippen molar-refractivity contribution in [1.29, 1.82) is 0 Å². The first-order chi connectivity index (χ1) is 17.1. The van der Waals surface area contributed by atoms with Crippen molar-refractivity contribution in [3.05, 3.63) is 64.5 Å². The zero-order valence-electron chi connectivity index (χ0n) is 20.4. The van der Waals surface area contributed by atoms with E-state index < -0.39 is 29.9 Å². The lowest BCUT2D eigenvalue weighted by Crippen LogP contribution is -2.49. The molecular formula is C23H33BN6O6. The molecule has 0 saturated carbocycles. The molecule has 0 spiro atoms. The molecule has 0 aliphatic rings. The highest BCUT2D eigenvalue weighted by Gasteiger charge is 2.30. The maximum Gasteiger partial charge on any atom is 0.475 e. The van der Waals surface area contributed by atoms with Gasteiger partial charge in [-0.05, 0) is 61.6 Å². The van der Waals surface area contributed by atoms with Crippen LogP contribution in [0.3, 0.4) is 0 Å². The first-order valence-electron chi connectivity index (χ1n) is 11.7. The van der Waals surface area contributed by atoms with Gasteiger partial charge in [0.05, 0.1) is 5.94 Å². The first kappa shape index (κ1) is 28.5. The molecule has 0 aliphatic heterocycles. The van der Waals surface area contributed by atoms with Crippen LogP contribution in [0.1, 0.15) is 49.9 Å². The van der Waals surface area contributed by atoms with E-state index in [1.807, 2.05) is 55.1 Å². The maximum atomic E-state index is 13.0. The van der Waals surface area contributed by atoms with Crippen LogP contribution in [0.4, 0.5) is 0 Å². The molecule has 0 radical (unpaired) electrons. The lowest BCUT2D eigenvalue weighted by atomic mass is 9.74. The second-order valence-electron chi connectivity index (χ2n) is 8.90. The number of benzene rings is 1. The topological polar surface area (TPSA) is 185 Å². The van der Waals surface area contributed by atoms with Crippen molar-refractivity contribution in [3.8, 4) is 5.69 Å². The summed E-state index contributed by atoms with van der Waals surface area (Å²) in [5, 5.41) is 31.6. The lowest BCUT2D eigenvalue weighted by molar-refractivity contribution is -0.525. The predicted molar refractivity (Wildman–Crippen MR) is 136 cm³/mol. The number of hydrogen-bond acceptors (Lipinski definition) is 7. The van der Waals surface area contributed by atoms with Gasteiger partial charge >= 0.3 is 7.12 Å². The van der Waals surface area contributed by atoms with Crippen molar-refractivity contribution in [3.63, 3.8) is 0 Å². The van der Waals surface area contributed by atoms with E-state index in [1.54, 1.807) is 17.6 Å². The monoisotopic (exact) mass is 500 g/mol. The number of ketones is 1. The number of nitro groups is 1. The van der Waals surface area contributed by atoms with E-state index in [1.165, 1.54) is 0 Å². The molecule has 1 aromatic carbocycles. The number of aromatic nitrogens is 1. The lowest BCUT2D eigenvalue weighted by Gasteiger charge is -2.23. The number of carbonyl (C=O) groups is 2. The molecule has 2 atom stereocenters. The number of nitrogens with zero attached hydrogens (tertiary/aromatic N) is 3. The minimum Gasteiger partial charge on any atom is -0.426 e. The van der Waals surface area contributed by atoms with E-state index in [2.05, 4.69) is 10.3 Å². The standard InChI is InChI=1S/C23H33BN6O6/c1-16(2)14-21(24(33)34)27-22(32)18(6-5-11-26-23(25)28-30(35)36)15-20(31)17-7-9-19(10-8-17)29-12-3-4-13-29/h3-4,7-10,12-13,16,18,21,33-34H,5-6,11,14-15H2,1-2H3,(H,27,32)(H3,25,26,28)/t18-,21+/m1/s1. The van der Waals surface area contributed by atoms with Gasteiger partial charge < -0.3 is 25.7 Å². The van der Waals surface area contributed by atoms with Crippen molar-refractivity contribution in [2.75, 3.05) is 6.54 Å². The number of nitrogens with one attached hydrogen (secondary N) is 2. The van der Waals surface area contributed by atoms with Gasteiger partial charge in [-0.1, -0.05) is 19.3 Å². The molecule has 0 saturated heterocycles. The van der Waals surface area contributed by atoms with Crippen molar-refractivity contribution in [2.45, 2.75) is 45.5 Å². The van der Waals surface area contributed by atoms with Gasteiger partial charge in [-0.25, -0.2) is 15.1 Å². The molecule has 2 rings (SSSR count). The summed E-state index contributed by atoms with van der Waals surface area (Å²) in [6.07, 6.45) is 4.58. The van der Waals surface area contributed by atoms with Gasteiger partial charge in [0, 0.05) is 42.5 Å². The highest BCUT2D eigenvalue weighted by Crippen LogP contribution is 2.19. The minimum atomic E-state index is -1.74. The normalized spacial score (nSPS) is 13.2. The largest absolute Gasteiger partial charge is 0.475 e. The smallest absolute Gasteiger partial charge is 0.426 e. The van der Waals surface area contributed by atoms with Crippen molar-refractivity contribution in [1.82, 2.24) is 15.3 Å². The molecule has 13 heteroatoms. The molecule has 1 heterocycles. The second kappa shape index (κ2) is 14.0. The Bertz CT molecular complexity index is 1030. The maximum absolute atomic E-state index is 13.0. The van der Waals surface area contributed by atoms with Gasteiger partial charge in [0.1, 0.15) is 0 Å². The van der Waals surface area contributed by atoms with Gasteiger partial charge in [0.15, 0.2) is 10.8 Å². The number of rotatable bonds is 14. The third kappa shape index (κ3) is 9.51. The molecule has 36 heavy (non-hydrogen) atoms. The Hall–Kier alpha value is -3.71. The second-order valence-corrected chi connectivity index (χ2v) is 8.90. The van der Waals surface area contributed by atoms with Gasteiger partial charge in [0.2, 0.25) is 5.91 Å². The fraction of sp³-hybridized carbons (Fsp3) is 0.435. The summed E-state index contributed by atoms with van der Waals surface area (Å²) in [6.45, 7) is 3.89. The number of guanidine groups is 1. The minimum absolute atomic E-state index is 0.0994. The third-order valence-electron chi connectivity index (χ3n) is 5.51. The van der Waals surface area contributed by atoms with Gasteiger partial charge in [-0.15, -0.1) is 0 Å². The Morgan fingerprint density at radius 3 is 2.39 bits per heavy atom. The highest BCUT2D eigenvalue weighted by atomic mass is 16.7. The van der Waals surface area contributed by atoms with Crippen LogP contribution in [0.5, 0.6) is 0 Å². The SMILES string of the molecule is CC(C)C[C@H](NC(=O)[C@H](CCCN=C(N)N[N+](=O)[O-])CC(=O)c1ccc(-n2cccc2)cc1)B(O)O. The molecule has 0 bridgehead atoms. The molecule has 0 fully saturated rings. The van der Waals surface area contributed by atoms with Crippen LogP contribution >= 0.6 is 0 Å². The molecule has 12 nitrogen and oxygen atoms in total.